The second kappa shape index (κ2) is 9.41. The summed E-state index contributed by atoms with van der Waals surface area (Å²) in [6.45, 7) is 4.03. The summed E-state index contributed by atoms with van der Waals surface area (Å²) in [6.07, 6.45) is 2.80. The predicted molar refractivity (Wildman–Crippen MR) is 107 cm³/mol. The molecule has 2 aromatic heterocycles. The molecule has 0 bridgehead atoms. The van der Waals surface area contributed by atoms with E-state index in [0.717, 1.165) is 28.5 Å². The molecule has 1 aromatic carbocycles. The van der Waals surface area contributed by atoms with E-state index in [2.05, 4.69) is 20.6 Å². The van der Waals surface area contributed by atoms with Crippen LogP contribution in [0.1, 0.15) is 32.7 Å². The second-order valence-electron chi connectivity index (χ2n) is 6.34. The molecule has 0 radical (unpaired) electrons. The Balaban J connectivity index is 1.45. The summed E-state index contributed by atoms with van der Waals surface area (Å²) in [4.78, 5) is 13.2. The van der Waals surface area contributed by atoms with Crippen LogP contribution in [-0.4, -0.2) is 38.7 Å². The van der Waals surface area contributed by atoms with Gasteiger partial charge in [-0.3, -0.25) is 14.8 Å². The van der Waals surface area contributed by atoms with Crippen LogP contribution in [0, 0.1) is 0 Å². The highest BCUT2D eigenvalue weighted by atomic mass is 32.2. The number of carbonyl (C=O) groups excluding carboxylic acids is 1. The number of nitrogens with zero attached hydrogens (tertiary/aromatic N) is 4. The van der Waals surface area contributed by atoms with Gasteiger partial charge in [-0.25, -0.2) is 0 Å². The third-order valence-electron chi connectivity index (χ3n) is 3.93. The van der Waals surface area contributed by atoms with E-state index in [1.165, 1.54) is 0 Å². The average molecular weight is 401 g/mol. The third-order valence-corrected chi connectivity index (χ3v) is 5.02. The SMILES string of the molecule is COc1ccc(SCCCC(=O)Nc2nnc(-c3ccnn3C(C)C)o2)cc1. The number of methoxy groups -OCH3 is 1. The highest BCUT2D eigenvalue weighted by Gasteiger charge is 2.16. The fourth-order valence-electron chi connectivity index (χ4n) is 2.55. The van der Waals surface area contributed by atoms with Gasteiger partial charge in [-0.2, -0.15) is 5.10 Å². The first kappa shape index (κ1) is 19.9. The van der Waals surface area contributed by atoms with Gasteiger partial charge in [-0.1, -0.05) is 5.10 Å². The van der Waals surface area contributed by atoms with Crippen molar-refractivity contribution in [2.75, 3.05) is 18.2 Å². The van der Waals surface area contributed by atoms with Crippen LogP contribution in [0.25, 0.3) is 11.6 Å². The summed E-state index contributed by atoms with van der Waals surface area (Å²) < 4.78 is 12.5. The van der Waals surface area contributed by atoms with Crippen molar-refractivity contribution in [3.63, 3.8) is 0 Å². The molecule has 0 saturated carbocycles. The zero-order valence-electron chi connectivity index (χ0n) is 16.1. The Morgan fingerprint density at radius 1 is 1.25 bits per heavy atom. The largest absolute Gasteiger partial charge is 0.497 e. The van der Waals surface area contributed by atoms with E-state index in [-0.39, 0.29) is 18.0 Å². The first-order chi connectivity index (χ1) is 13.6. The van der Waals surface area contributed by atoms with Crippen molar-refractivity contribution in [3.8, 4) is 17.3 Å². The smallest absolute Gasteiger partial charge is 0.322 e. The number of carbonyl (C=O) groups is 1. The maximum atomic E-state index is 12.1. The van der Waals surface area contributed by atoms with Gasteiger partial charge >= 0.3 is 6.01 Å². The molecule has 0 atom stereocenters. The maximum Gasteiger partial charge on any atom is 0.322 e. The number of hydrogen-bond donors (Lipinski definition) is 1. The predicted octanol–water partition coefficient (Wildman–Crippen LogP) is 4.03. The van der Waals surface area contributed by atoms with Gasteiger partial charge in [-0.05, 0) is 56.4 Å². The van der Waals surface area contributed by atoms with Gasteiger partial charge in [0.05, 0.1) is 7.11 Å². The molecule has 0 aliphatic carbocycles. The quantitative estimate of drug-likeness (QED) is 0.427. The first-order valence-corrected chi connectivity index (χ1v) is 9.99. The summed E-state index contributed by atoms with van der Waals surface area (Å²) in [5, 5.41) is 14.8. The van der Waals surface area contributed by atoms with Gasteiger partial charge in [0, 0.05) is 23.6 Å². The van der Waals surface area contributed by atoms with Crippen LogP contribution in [0.15, 0.2) is 45.8 Å². The van der Waals surface area contributed by atoms with Crippen LogP contribution in [-0.2, 0) is 4.79 Å². The second-order valence-corrected chi connectivity index (χ2v) is 7.51. The summed E-state index contributed by atoms with van der Waals surface area (Å²) in [7, 11) is 1.64. The van der Waals surface area contributed by atoms with Gasteiger partial charge in [0.25, 0.3) is 5.89 Å². The number of thioether (sulfide) groups is 1. The van der Waals surface area contributed by atoms with E-state index in [0.29, 0.717) is 12.3 Å². The molecule has 1 N–H and O–H groups in total. The van der Waals surface area contributed by atoms with Gasteiger partial charge in [0.15, 0.2) is 0 Å². The van der Waals surface area contributed by atoms with Crippen LogP contribution < -0.4 is 10.1 Å². The molecule has 28 heavy (non-hydrogen) atoms. The van der Waals surface area contributed by atoms with Gasteiger partial charge in [0.1, 0.15) is 11.4 Å². The van der Waals surface area contributed by atoms with E-state index in [1.54, 1.807) is 35.8 Å². The standard InChI is InChI=1S/C19H23N5O3S/c1-13(2)24-16(10-11-20-24)18-22-23-19(27-18)21-17(25)5-4-12-28-15-8-6-14(26-3)7-9-15/h6-11,13H,4-5,12H2,1-3H3,(H,21,23,25). The summed E-state index contributed by atoms with van der Waals surface area (Å²) >= 11 is 1.70. The Morgan fingerprint density at radius 2 is 2.04 bits per heavy atom. The highest BCUT2D eigenvalue weighted by Crippen LogP contribution is 2.23. The van der Waals surface area contributed by atoms with Crippen molar-refractivity contribution in [1.29, 1.82) is 0 Å². The molecular weight excluding hydrogens is 378 g/mol. The molecule has 3 aromatic rings. The normalized spacial score (nSPS) is 11.0. The number of rotatable bonds is 9. The minimum absolute atomic E-state index is 0.0966. The molecule has 8 nitrogen and oxygen atoms in total. The number of nitrogens with one attached hydrogen (secondary N) is 1. The fourth-order valence-corrected chi connectivity index (χ4v) is 3.40. The van der Waals surface area contributed by atoms with Crippen molar-refractivity contribution in [3.05, 3.63) is 36.5 Å². The summed E-state index contributed by atoms with van der Waals surface area (Å²) in [6, 6.07) is 9.92. The number of benzene rings is 1. The molecule has 148 valence electrons. The number of ether oxygens (including phenoxy) is 1. The van der Waals surface area contributed by atoms with E-state index in [4.69, 9.17) is 9.15 Å². The number of amides is 1. The average Bonchev–Trinajstić information content (AvgIpc) is 3.35. The Hall–Kier alpha value is -2.81. The van der Waals surface area contributed by atoms with Crippen molar-refractivity contribution in [2.45, 2.75) is 37.6 Å². The Labute approximate surface area is 167 Å². The van der Waals surface area contributed by atoms with Gasteiger partial charge in [-0.15, -0.1) is 16.9 Å². The van der Waals surface area contributed by atoms with Crippen LogP contribution >= 0.6 is 11.8 Å². The molecule has 2 heterocycles. The Kier molecular flexibility index (Phi) is 6.70. The van der Waals surface area contributed by atoms with Gasteiger partial charge < -0.3 is 9.15 Å². The Morgan fingerprint density at radius 3 is 2.75 bits per heavy atom. The number of hydrogen-bond acceptors (Lipinski definition) is 7. The van der Waals surface area contributed by atoms with Crippen LogP contribution in [0.4, 0.5) is 6.01 Å². The third kappa shape index (κ3) is 5.13. The molecule has 9 heteroatoms. The molecular formula is C19H23N5O3S. The fraction of sp³-hybridized carbons (Fsp3) is 0.368. The van der Waals surface area contributed by atoms with Crippen molar-refractivity contribution < 1.29 is 13.9 Å². The van der Waals surface area contributed by atoms with Crippen LogP contribution in [0.5, 0.6) is 5.75 Å². The topological polar surface area (TPSA) is 95.1 Å². The molecule has 0 aliphatic rings. The minimum atomic E-state index is -0.150. The van der Waals surface area contributed by atoms with Crippen LogP contribution in [0.3, 0.4) is 0 Å². The van der Waals surface area contributed by atoms with E-state index in [1.807, 2.05) is 38.1 Å². The van der Waals surface area contributed by atoms with E-state index < -0.39 is 0 Å². The maximum absolute atomic E-state index is 12.1. The lowest BCUT2D eigenvalue weighted by atomic mass is 10.3. The zero-order valence-corrected chi connectivity index (χ0v) is 16.9. The van der Waals surface area contributed by atoms with Gasteiger partial charge in [0.2, 0.25) is 5.91 Å². The molecule has 1 amide bonds. The first-order valence-electron chi connectivity index (χ1n) is 9.01. The number of aromatic nitrogens is 4. The molecule has 0 aliphatic heterocycles. The lowest BCUT2D eigenvalue weighted by Gasteiger charge is -2.07. The molecule has 0 spiro atoms. The summed E-state index contributed by atoms with van der Waals surface area (Å²) in [5.74, 6) is 1.85. The number of anilines is 1. The minimum Gasteiger partial charge on any atom is -0.497 e. The Bertz CT molecular complexity index is 904. The van der Waals surface area contributed by atoms with Crippen molar-refractivity contribution in [2.24, 2.45) is 0 Å². The lowest BCUT2D eigenvalue weighted by molar-refractivity contribution is -0.116. The van der Waals surface area contributed by atoms with Crippen molar-refractivity contribution >= 4 is 23.7 Å². The molecule has 3 rings (SSSR count). The zero-order chi connectivity index (χ0) is 19.9. The van der Waals surface area contributed by atoms with E-state index in [9.17, 15) is 4.79 Å². The highest BCUT2D eigenvalue weighted by molar-refractivity contribution is 7.99. The van der Waals surface area contributed by atoms with Crippen LogP contribution in [0.2, 0.25) is 0 Å². The van der Waals surface area contributed by atoms with E-state index >= 15 is 0 Å². The molecule has 0 saturated heterocycles. The lowest BCUT2D eigenvalue weighted by Crippen LogP contribution is -2.11. The van der Waals surface area contributed by atoms with Crippen molar-refractivity contribution in [1.82, 2.24) is 20.0 Å². The monoisotopic (exact) mass is 401 g/mol. The molecule has 0 fully saturated rings. The summed E-state index contributed by atoms with van der Waals surface area (Å²) in [5.41, 5.74) is 0.721. The molecule has 0 unspecified atom stereocenters.